The number of allylic oxidation sites excluding steroid dienone is 4. The third-order valence-electron chi connectivity index (χ3n) is 3.75. The normalized spacial score (nSPS) is 26.8. The molecule has 0 radical (unpaired) electrons. The molecule has 2 rings (SSSR count). The zero-order valence-corrected chi connectivity index (χ0v) is 11.0. The molecule has 1 fully saturated rings. The molecule has 2 heterocycles. The number of fused-ring (bicyclic) bond motifs is 1. The Hall–Kier alpha value is -1.16. The van der Waals surface area contributed by atoms with Crippen LogP contribution in [0, 0.1) is 5.92 Å². The number of hydrogen-bond acceptors (Lipinski definition) is 1. The van der Waals surface area contributed by atoms with Crippen molar-refractivity contribution in [1.82, 2.24) is 4.90 Å². The largest absolute Gasteiger partial charge is 0.344 e. The van der Waals surface area contributed by atoms with Gasteiger partial charge in [-0.1, -0.05) is 13.0 Å². The van der Waals surface area contributed by atoms with Gasteiger partial charge in [0.25, 0.3) is 6.43 Å². The molecule has 0 aromatic rings. The fourth-order valence-electron chi connectivity index (χ4n) is 2.80. The van der Waals surface area contributed by atoms with Crippen molar-refractivity contribution in [3.8, 4) is 0 Å². The van der Waals surface area contributed by atoms with Crippen molar-refractivity contribution >= 4 is 0 Å². The number of halogens is 2. The minimum Gasteiger partial charge on any atom is -0.344 e. The van der Waals surface area contributed by atoms with Crippen LogP contribution in [0.5, 0.6) is 0 Å². The van der Waals surface area contributed by atoms with Gasteiger partial charge in [0.15, 0.2) is 0 Å². The van der Waals surface area contributed by atoms with E-state index in [1.54, 1.807) is 6.08 Å². The Balaban J connectivity index is 2.49. The predicted molar refractivity (Wildman–Crippen MR) is 68.1 cm³/mol. The van der Waals surface area contributed by atoms with E-state index >= 15 is 0 Å². The van der Waals surface area contributed by atoms with Gasteiger partial charge in [-0.05, 0) is 25.5 Å². The van der Waals surface area contributed by atoms with Gasteiger partial charge >= 0.3 is 0 Å². The van der Waals surface area contributed by atoms with E-state index in [1.807, 2.05) is 19.1 Å². The molecular formula is C14H21F2N2+. The zero-order chi connectivity index (χ0) is 13.1. The van der Waals surface area contributed by atoms with E-state index in [0.717, 1.165) is 37.4 Å². The van der Waals surface area contributed by atoms with Crippen molar-refractivity contribution in [3.63, 3.8) is 0 Å². The Labute approximate surface area is 107 Å². The van der Waals surface area contributed by atoms with Gasteiger partial charge in [0.05, 0.1) is 19.6 Å². The van der Waals surface area contributed by atoms with Gasteiger partial charge in [0.2, 0.25) is 0 Å². The van der Waals surface area contributed by atoms with Crippen LogP contribution in [0.3, 0.4) is 0 Å². The summed E-state index contributed by atoms with van der Waals surface area (Å²) in [5.41, 5.74) is 2.10. The molecule has 100 valence electrons. The molecule has 0 aromatic carbocycles. The van der Waals surface area contributed by atoms with Gasteiger partial charge in [0.1, 0.15) is 0 Å². The predicted octanol–water partition coefficient (Wildman–Crippen LogP) is 1.88. The third kappa shape index (κ3) is 2.34. The van der Waals surface area contributed by atoms with Crippen molar-refractivity contribution in [2.24, 2.45) is 5.92 Å². The number of quaternary nitrogens is 1. The van der Waals surface area contributed by atoms with Gasteiger partial charge in [-0.3, -0.25) is 0 Å². The Morgan fingerprint density at radius 2 is 2.28 bits per heavy atom. The second kappa shape index (κ2) is 5.65. The van der Waals surface area contributed by atoms with Crippen LogP contribution in [-0.2, 0) is 0 Å². The molecule has 2 aliphatic rings. The zero-order valence-electron chi connectivity index (χ0n) is 11.0. The third-order valence-corrected chi connectivity index (χ3v) is 3.75. The molecule has 2 aliphatic heterocycles. The van der Waals surface area contributed by atoms with Crippen LogP contribution in [-0.4, -0.2) is 31.0 Å². The molecule has 0 bridgehead atoms. The van der Waals surface area contributed by atoms with Gasteiger partial charge in [-0.15, -0.1) is 0 Å². The van der Waals surface area contributed by atoms with E-state index in [0.29, 0.717) is 0 Å². The summed E-state index contributed by atoms with van der Waals surface area (Å²) in [5, 5.41) is 2.23. The molecule has 0 spiro atoms. The standard InChI is InChI=1S/C14H20F2N2/c1-3-10-9-17-7-8-18-11(4-2)5-6-12(13(10)18)14(15)16/h4-6,10,14,17H,3,7-9H2,1-2H3/p+1. The van der Waals surface area contributed by atoms with E-state index < -0.39 is 6.43 Å². The van der Waals surface area contributed by atoms with E-state index in [9.17, 15) is 8.78 Å². The summed E-state index contributed by atoms with van der Waals surface area (Å²) in [4.78, 5) is 2.08. The van der Waals surface area contributed by atoms with E-state index in [4.69, 9.17) is 0 Å². The quantitative estimate of drug-likeness (QED) is 0.798. The molecule has 1 unspecified atom stereocenters. The van der Waals surface area contributed by atoms with Crippen molar-refractivity contribution in [1.29, 1.82) is 0 Å². The van der Waals surface area contributed by atoms with Gasteiger partial charge < -0.3 is 10.2 Å². The van der Waals surface area contributed by atoms with Gasteiger partial charge in [-0.25, -0.2) is 8.78 Å². The van der Waals surface area contributed by atoms with E-state index in [-0.39, 0.29) is 11.5 Å². The average molecular weight is 255 g/mol. The summed E-state index contributed by atoms with van der Waals surface area (Å²) < 4.78 is 26.4. The molecule has 1 atom stereocenters. The highest BCUT2D eigenvalue weighted by Gasteiger charge is 2.32. The van der Waals surface area contributed by atoms with E-state index in [2.05, 4.69) is 17.1 Å². The Kier molecular flexibility index (Phi) is 4.17. The lowest BCUT2D eigenvalue weighted by atomic mass is 9.94. The van der Waals surface area contributed by atoms with Gasteiger partial charge in [0, 0.05) is 22.9 Å². The highest BCUT2D eigenvalue weighted by Crippen LogP contribution is 2.33. The van der Waals surface area contributed by atoms with Crippen molar-refractivity contribution in [2.75, 3.05) is 19.6 Å². The molecule has 0 saturated carbocycles. The first-order chi connectivity index (χ1) is 8.69. The molecule has 4 heteroatoms. The highest BCUT2D eigenvalue weighted by atomic mass is 19.3. The second-order valence-corrected chi connectivity index (χ2v) is 4.76. The van der Waals surface area contributed by atoms with Crippen LogP contribution < -0.4 is 5.32 Å². The SMILES string of the molecule is CC=C1C=CC(C(F)F)=C2C(CC)C[NH2+]CCN12. The Bertz CT molecular complexity index is 397. The summed E-state index contributed by atoms with van der Waals surface area (Å²) in [6, 6.07) is 0. The molecule has 18 heavy (non-hydrogen) atoms. The maximum absolute atomic E-state index is 13.2. The number of alkyl halides is 2. The second-order valence-electron chi connectivity index (χ2n) is 4.76. The molecule has 0 aliphatic carbocycles. The van der Waals surface area contributed by atoms with Crippen LogP contribution in [0.4, 0.5) is 8.78 Å². The first-order valence-electron chi connectivity index (χ1n) is 6.64. The summed E-state index contributed by atoms with van der Waals surface area (Å²) in [6.45, 7) is 6.71. The van der Waals surface area contributed by atoms with E-state index in [1.165, 1.54) is 0 Å². The lowest BCUT2D eigenvalue weighted by Gasteiger charge is -2.33. The molecule has 2 N–H and O–H groups in total. The van der Waals surface area contributed by atoms with Crippen molar-refractivity contribution < 1.29 is 14.1 Å². The van der Waals surface area contributed by atoms with Crippen LogP contribution in [0.25, 0.3) is 0 Å². The van der Waals surface area contributed by atoms with Crippen molar-refractivity contribution in [2.45, 2.75) is 26.7 Å². The maximum atomic E-state index is 13.2. The van der Waals surface area contributed by atoms with Gasteiger partial charge in [-0.2, -0.15) is 0 Å². The highest BCUT2D eigenvalue weighted by molar-refractivity contribution is 5.41. The summed E-state index contributed by atoms with van der Waals surface area (Å²) in [5.74, 6) is 0.219. The van der Waals surface area contributed by atoms with Crippen LogP contribution in [0.1, 0.15) is 20.3 Å². The fraction of sp³-hybridized carbons (Fsp3) is 0.571. The topological polar surface area (TPSA) is 19.9 Å². The summed E-state index contributed by atoms with van der Waals surface area (Å²) in [6.07, 6.45) is 3.92. The van der Waals surface area contributed by atoms with Crippen molar-refractivity contribution in [3.05, 3.63) is 35.2 Å². The maximum Gasteiger partial charge on any atom is 0.265 e. The average Bonchev–Trinajstić information content (AvgIpc) is 2.59. The number of hydrogen-bond donors (Lipinski definition) is 1. The van der Waals surface area contributed by atoms with Crippen LogP contribution >= 0.6 is 0 Å². The smallest absolute Gasteiger partial charge is 0.265 e. The number of nitrogens with zero attached hydrogens (tertiary/aromatic N) is 1. The minimum atomic E-state index is -2.38. The summed E-state index contributed by atoms with van der Waals surface area (Å²) >= 11 is 0. The number of rotatable bonds is 2. The molecule has 0 aromatic heterocycles. The number of nitrogens with two attached hydrogens (primary N) is 1. The molecule has 0 amide bonds. The minimum absolute atomic E-state index is 0.211. The lowest BCUT2D eigenvalue weighted by molar-refractivity contribution is -0.655. The first kappa shape index (κ1) is 13.3. The first-order valence-corrected chi connectivity index (χ1v) is 6.64. The van der Waals surface area contributed by atoms with Crippen LogP contribution in [0.2, 0.25) is 0 Å². The lowest BCUT2D eigenvalue weighted by Crippen LogP contribution is -2.85. The Morgan fingerprint density at radius 3 is 2.89 bits per heavy atom. The molecular weight excluding hydrogens is 234 g/mol. The molecule has 1 saturated heterocycles. The summed E-state index contributed by atoms with van der Waals surface area (Å²) in [7, 11) is 0. The van der Waals surface area contributed by atoms with Crippen LogP contribution in [0.15, 0.2) is 35.2 Å². The monoisotopic (exact) mass is 255 g/mol. The molecule has 2 nitrogen and oxygen atoms in total. The Morgan fingerprint density at radius 1 is 1.50 bits per heavy atom. The fourth-order valence-corrected chi connectivity index (χ4v) is 2.80.